The van der Waals surface area contributed by atoms with Crippen LogP contribution in [0.5, 0.6) is 0 Å². The molecule has 0 fully saturated rings. The molecule has 28 heavy (non-hydrogen) atoms. The smallest absolute Gasteiger partial charge is 0.246 e. The number of nitrogens with one attached hydrogen (secondary N) is 1. The molecule has 146 valence electrons. The number of hydrogen-bond donors (Lipinski definition) is 2. The highest BCUT2D eigenvalue weighted by molar-refractivity contribution is 8.00. The van der Waals surface area contributed by atoms with E-state index in [-0.39, 0.29) is 33.1 Å². The number of amides is 1. The van der Waals surface area contributed by atoms with Crippen LogP contribution in [0.15, 0.2) is 75.5 Å². The summed E-state index contributed by atoms with van der Waals surface area (Å²) in [6, 6.07) is 17.0. The van der Waals surface area contributed by atoms with Crippen LogP contribution in [0.3, 0.4) is 0 Å². The molecule has 0 bridgehead atoms. The Kier molecular flexibility index (Phi) is 6.05. The predicted octanol–water partition coefficient (Wildman–Crippen LogP) is 3.05. The number of sulfone groups is 1. The molecule has 2 aromatic carbocycles. The quantitative estimate of drug-likeness (QED) is 0.573. The van der Waals surface area contributed by atoms with E-state index in [0.717, 1.165) is 0 Å². The lowest BCUT2D eigenvalue weighted by Gasteiger charge is -2.07. The summed E-state index contributed by atoms with van der Waals surface area (Å²) in [7, 11) is -3.86. The molecule has 0 aliphatic rings. The van der Waals surface area contributed by atoms with Gasteiger partial charge < -0.3 is 11.1 Å². The fourth-order valence-electron chi connectivity index (χ4n) is 2.62. The van der Waals surface area contributed by atoms with Gasteiger partial charge in [0.1, 0.15) is 22.3 Å². The first-order valence-corrected chi connectivity index (χ1v) is 11.0. The van der Waals surface area contributed by atoms with Gasteiger partial charge in [-0.25, -0.2) is 13.1 Å². The maximum Gasteiger partial charge on any atom is 0.246 e. The van der Waals surface area contributed by atoms with Crippen molar-refractivity contribution in [3.63, 3.8) is 0 Å². The van der Waals surface area contributed by atoms with Gasteiger partial charge in [0.15, 0.2) is 0 Å². The van der Waals surface area contributed by atoms with E-state index in [9.17, 15) is 13.2 Å². The van der Waals surface area contributed by atoms with Crippen molar-refractivity contribution in [1.29, 1.82) is 0 Å². The zero-order valence-electron chi connectivity index (χ0n) is 15.2. The van der Waals surface area contributed by atoms with Gasteiger partial charge in [0, 0.05) is 5.69 Å². The molecule has 3 rings (SSSR count). The molecule has 0 radical (unpaired) electrons. The monoisotopic (exact) mass is 416 g/mol. The Morgan fingerprint density at radius 2 is 1.71 bits per heavy atom. The minimum Gasteiger partial charge on any atom is -0.383 e. The maximum atomic E-state index is 13.1. The normalized spacial score (nSPS) is 11.3. The molecular formula is C19H20N4O3S2. The van der Waals surface area contributed by atoms with Crippen molar-refractivity contribution in [2.24, 2.45) is 0 Å². The van der Waals surface area contributed by atoms with Crippen LogP contribution >= 0.6 is 11.8 Å². The highest BCUT2D eigenvalue weighted by Crippen LogP contribution is 2.34. The van der Waals surface area contributed by atoms with Gasteiger partial charge in [-0.1, -0.05) is 43.3 Å². The maximum absolute atomic E-state index is 13.1. The topological polar surface area (TPSA) is 107 Å². The van der Waals surface area contributed by atoms with Crippen molar-refractivity contribution in [3.05, 3.63) is 60.7 Å². The largest absolute Gasteiger partial charge is 0.383 e. The lowest BCUT2D eigenvalue weighted by atomic mass is 10.3. The van der Waals surface area contributed by atoms with Crippen molar-refractivity contribution in [2.75, 3.05) is 16.8 Å². The number of carbonyl (C=O) groups is 1. The first kappa shape index (κ1) is 20.0. The van der Waals surface area contributed by atoms with E-state index in [1.54, 1.807) is 42.5 Å². The third kappa shape index (κ3) is 4.20. The number of benzene rings is 2. The molecule has 3 aromatic rings. The number of hydrogen-bond acceptors (Lipinski definition) is 6. The van der Waals surface area contributed by atoms with Gasteiger partial charge in [-0.3, -0.25) is 4.79 Å². The molecule has 3 N–H and O–H groups in total. The summed E-state index contributed by atoms with van der Waals surface area (Å²) in [5, 5.41) is 7.31. The third-order valence-electron chi connectivity index (χ3n) is 3.87. The van der Waals surface area contributed by atoms with Crippen LogP contribution in [0.4, 0.5) is 11.5 Å². The number of nitrogens with zero attached hydrogens (tertiary/aromatic N) is 2. The highest BCUT2D eigenvalue weighted by atomic mass is 32.2. The molecule has 0 aliphatic carbocycles. The van der Waals surface area contributed by atoms with E-state index in [0.29, 0.717) is 11.4 Å². The fourth-order valence-corrected chi connectivity index (χ4v) is 5.19. The minimum atomic E-state index is -3.86. The fraction of sp³-hybridized carbons (Fsp3) is 0.158. The highest BCUT2D eigenvalue weighted by Gasteiger charge is 2.29. The van der Waals surface area contributed by atoms with Gasteiger partial charge in [-0.15, -0.1) is 11.8 Å². The van der Waals surface area contributed by atoms with Crippen molar-refractivity contribution >= 4 is 39.0 Å². The molecule has 1 heterocycles. The van der Waals surface area contributed by atoms with Gasteiger partial charge in [0.25, 0.3) is 0 Å². The number of anilines is 2. The van der Waals surface area contributed by atoms with Crippen molar-refractivity contribution in [1.82, 2.24) is 9.78 Å². The van der Waals surface area contributed by atoms with E-state index in [1.165, 1.54) is 28.6 Å². The van der Waals surface area contributed by atoms with Gasteiger partial charge in [-0.05, 0) is 30.0 Å². The van der Waals surface area contributed by atoms with Crippen LogP contribution in [0.25, 0.3) is 0 Å². The van der Waals surface area contributed by atoms with E-state index in [2.05, 4.69) is 10.4 Å². The van der Waals surface area contributed by atoms with E-state index < -0.39 is 9.84 Å². The molecule has 7 nitrogen and oxygen atoms in total. The Morgan fingerprint density at radius 3 is 2.32 bits per heavy atom. The Balaban J connectivity index is 1.94. The number of thioether (sulfide) groups is 1. The summed E-state index contributed by atoms with van der Waals surface area (Å²) in [6.45, 7) is 1.70. The minimum absolute atomic E-state index is 0.0528. The lowest BCUT2D eigenvalue weighted by Crippen LogP contribution is -2.21. The van der Waals surface area contributed by atoms with E-state index in [1.807, 2.05) is 13.0 Å². The second kappa shape index (κ2) is 8.49. The second-order valence-electron chi connectivity index (χ2n) is 5.84. The Bertz CT molecular complexity index is 1070. The Morgan fingerprint density at radius 1 is 1.11 bits per heavy atom. The molecular weight excluding hydrogens is 396 g/mol. The molecule has 0 unspecified atom stereocenters. The number of nitrogens with two attached hydrogens (primary N) is 1. The summed E-state index contributed by atoms with van der Waals surface area (Å²) in [6.07, 6.45) is 0. The van der Waals surface area contributed by atoms with Crippen LogP contribution in [0, 0.1) is 0 Å². The number of nitrogen functional groups attached to an aromatic ring is 1. The van der Waals surface area contributed by atoms with Crippen molar-refractivity contribution < 1.29 is 13.2 Å². The SMILES string of the molecule is CCSc1nn(CC(=O)Nc2ccccc2)c(N)c1S(=O)(=O)c1ccccc1. The van der Waals surface area contributed by atoms with Gasteiger partial charge in [-0.2, -0.15) is 5.10 Å². The molecule has 0 aliphatic heterocycles. The first-order valence-electron chi connectivity index (χ1n) is 8.57. The zero-order valence-corrected chi connectivity index (χ0v) is 16.8. The van der Waals surface area contributed by atoms with Crippen molar-refractivity contribution in [2.45, 2.75) is 28.3 Å². The number of para-hydroxylation sites is 1. The number of aromatic nitrogens is 2. The molecule has 0 spiro atoms. The standard InChI is InChI=1S/C19H20N4O3S2/c1-2-27-19-17(28(25,26)15-11-7-4-8-12-15)18(20)23(22-19)13-16(24)21-14-9-5-3-6-10-14/h3-12H,2,13,20H2,1H3,(H,21,24). The van der Waals surface area contributed by atoms with E-state index >= 15 is 0 Å². The zero-order chi connectivity index (χ0) is 20.1. The van der Waals surface area contributed by atoms with Crippen LogP contribution < -0.4 is 11.1 Å². The number of carbonyl (C=O) groups excluding carboxylic acids is 1. The predicted molar refractivity (Wildman–Crippen MR) is 110 cm³/mol. The van der Waals surface area contributed by atoms with Crippen LogP contribution in [-0.2, 0) is 21.2 Å². The lowest BCUT2D eigenvalue weighted by molar-refractivity contribution is -0.116. The Labute approximate surface area is 167 Å². The van der Waals surface area contributed by atoms with E-state index in [4.69, 9.17) is 5.73 Å². The molecule has 9 heteroatoms. The van der Waals surface area contributed by atoms with Crippen LogP contribution in [-0.4, -0.2) is 29.9 Å². The summed E-state index contributed by atoms with van der Waals surface area (Å²) in [5.41, 5.74) is 6.77. The van der Waals surface area contributed by atoms with Crippen LogP contribution in [0.2, 0.25) is 0 Å². The summed E-state index contributed by atoms with van der Waals surface area (Å²) in [5.74, 6) is 0.212. The van der Waals surface area contributed by atoms with Gasteiger partial charge in [0.05, 0.1) is 4.90 Å². The molecule has 0 saturated heterocycles. The third-order valence-corrected chi connectivity index (χ3v) is 6.68. The molecule has 1 aromatic heterocycles. The second-order valence-corrected chi connectivity index (χ2v) is 8.98. The first-order chi connectivity index (χ1) is 13.4. The van der Waals surface area contributed by atoms with Crippen molar-refractivity contribution in [3.8, 4) is 0 Å². The van der Waals surface area contributed by atoms with Crippen LogP contribution in [0.1, 0.15) is 6.92 Å². The number of rotatable bonds is 7. The Hall–Kier alpha value is -2.78. The van der Waals surface area contributed by atoms with Gasteiger partial charge in [0.2, 0.25) is 15.7 Å². The summed E-state index contributed by atoms with van der Waals surface area (Å²) in [4.78, 5) is 12.4. The summed E-state index contributed by atoms with van der Waals surface area (Å²) < 4.78 is 27.4. The molecule has 0 atom stereocenters. The average molecular weight is 417 g/mol. The average Bonchev–Trinajstić information content (AvgIpc) is 2.99. The summed E-state index contributed by atoms with van der Waals surface area (Å²) >= 11 is 1.27. The molecule has 0 saturated carbocycles. The van der Waals surface area contributed by atoms with Gasteiger partial charge >= 0.3 is 0 Å². The molecule has 1 amide bonds.